The van der Waals surface area contributed by atoms with Gasteiger partial charge in [-0.05, 0) is 19.1 Å². The maximum absolute atomic E-state index is 5.97. The molecular formula is C11H13N3O. The molecule has 78 valence electrons. The van der Waals surface area contributed by atoms with E-state index in [1.54, 1.807) is 18.7 Å². The van der Waals surface area contributed by atoms with Crippen LogP contribution in [0.3, 0.4) is 0 Å². The zero-order valence-corrected chi connectivity index (χ0v) is 8.55. The Morgan fingerprint density at radius 1 is 1.40 bits per heavy atom. The van der Waals surface area contributed by atoms with E-state index in [4.69, 9.17) is 10.2 Å². The molecule has 0 saturated heterocycles. The smallest absolute Gasteiger partial charge is 0.105 e. The monoisotopic (exact) mass is 203 g/mol. The van der Waals surface area contributed by atoms with Crippen molar-refractivity contribution in [2.24, 2.45) is 5.73 Å². The highest BCUT2D eigenvalue weighted by atomic mass is 16.3. The van der Waals surface area contributed by atoms with Gasteiger partial charge in [-0.15, -0.1) is 0 Å². The molecule has 0 aliphatic heterocycles. The number of aromatic nitrogens is 2. The molecular weight excluding hydrogens is 190 g/mol. The van der Waals surface area contributed by atoms with Gasteiger partial charge in [0.2, 0.25) is 0 Å². The van der Waals surface area contributed by atoms with Gasteiger partial charge in [-0.1, -0.05) is 0 Å². The molecule has 2 aromatic heterocycles. The molecule has 2 aromatic rings. The molecule has 0 aliphatic rings. The Labute approximate surface area is 88.2 Å². The van der Waals surface area contributed by atoms with Crippen LogP contribution in [-0.4, -0.2) is 9.97 Å². The van der Waals surface area contributed by atoms with Crippen molar-refractivity contribution in [2.75, 3.05) is 0 Å². The lowest BCUT2D eigenvalue weighted by molar-refractivity contribution is 0.485. The summed E-state index contributed by atoms with van der Waals surface area (Å²) < 4.78 is 5.22. The molecule has 0 radical (unpaired) electrons. The fourth-order valence-electron chi connectivity index (χ4n) is 1.34. The van der Waals surface area contributed by atoms with E-state index in [-0.39, 0.29) is 6.04 Å². The lowest BCUT2D eigenvalue weighted by Crippen LogP contribution is -2.15. The van der Waals surface area contributed by atoms with Crippen LogP contribution in [0.1, 0.15) is 23.2 Å². The van der Waals surface area contributed by atoms with Gasteiger partial charge in [-0.2, -0.15) is 0 Å². The van der Waals surface area contributed by atoms with Gasteiger partial charge < -0.3 is 10.2 Å². The largest absolute Gasteiger partial charge is 0.469 e. The molecule has 1 unspecified atom stereocenters. The number of hydrogen-bond donors (Lipinski definition) is 1. The molecule has 0 fully saturated rings. The van der Waals surface area contributed by atoms with Crippen LogP contribution < -0.4 is 5.73 Å². The second-order valence-corrected chi connectivity index (χ2v) is 3.47. The minimum absolute atomic E-state index is 0.163. The van der Waals surface area contributed by atoms with Gasteiger partial charge in [-0.25, -0.2) is 0 Å². The van der Waals surface area contributed by atoms with Crippen LogP contribution in [0.25, 0.3) is 0 Å². The van der Waals surface area contributed by atoms with Crippen LogP contribution in [0.5, 0.6) is 0 Å². The van der Waals surface area contributed by atoms with E-state index in [0.717, 1.165) is 17.1 Å². The Morgan fingerprint density at radius 2 is 2.27 bits per heavy atom. The van der Waals surface area contributed by atoms with Crippen molar-refractivity contribution < 1.29 is 4.42 Å². The Morgan fingerprint density at radius 3 is 2.87 bits per heavy atom. The van der Waals surface area contributed by atoms with Gasteiger partial charge in [0.05, 0.1) is 29.9 Å². The summed E-state index contributed by atoms with van der Waals surface area (Å²) in [6.45, 7) is 1.90. The Balaban J connectivity index is 2.08. The molecule has 0 bridgehead atoms. The molecule has 0 aliphatic carbocycles. The molecule has 4 heteroatoms. The first kappa shape index (κ1) is 9.86. The summed E-state index contributed by atoms with van der Waals surface area (Å²) >= 11 is 0. The predicted octanol–water partition coefficient (Wildman–Crippen LogP) is 1.62. The second kappa shape index (κ2) is 4.23. The summed E-state index contributed by atoms with van der Waals surface area (Å²) in [6.07, 6.45) is 5.72. The van der Waals surface area contributed by atoms with Crippen molar-refractivity contribution in [3.05, 3.63) is 47.9 Å². The number of aryl methyl sites for hydroxylation is 1. The zero-order chi connectivity index (χ0) is 10.7. The maximum Gasteiger partial charge on any atom is 0.105 e. The highest BCUT2D eigenvalue weighted by Gasteiger charge is 2.10. The van der Waals surface area contributed by atoms with E-state index >= 15 is 0 Å². The third kappa shape index (κ3) is 2.41. The predicted molar refractivity (Wildman–Crippen MR) is 56.1 cm³/mol. The molecule has 15 heavy (non-hydrogen) atoms. The van der Waals surface area contributed by atoms with E-state index < -0.39 is 0 Å². The van der Waals surface area contributed by atoms with E-state index in [9.17, 15) is 0 Å². The van der Waals surface area contributed by atoms with Gasteiger partial charge in [0.1, 0.15) is 5.76 Å². The van der Waals surface area contributed by atoms with Crippen molar-refractivity contribution in [1.29, 1.82) is 0 Å². The fraction of sp³-hybridized carbons (Fsp3) is 0.273. The summed E-state index contributed by atoms with van der Waals surface area (Å²) in [5, 5.41) is 0. The quantitative estimate of drug-likeness (QED) is 0.823. The zero-order valence-electron chi connectivity index (χ0n) is 8.55. The Hall–Kier alpha value is -1.68. The van der Waals surface area contributed by atoms with Gasteiger partial charge in [0.25, 0.3) is 0 Å². The van der Waals surface area contributed by atoms with Crippen molar-refractivity contribution in [2.45, 2.75) is 19.4 Å². The van der Waals surface area contributed by atoms with Crippen LogP contribution in [0, 0.1) is 6.92 Å². The van der Waals surface area contributed by atoms with Crippen LogP contribution in [0.2, 0.25) is 0 Å². The normalized spacial score (nSPS) is 12.7. The first-order valence-electron chi connectivity index (χ1n) is 4.82. The van der Waals surface area contributed by atoms with E-state index in [2.05, 4.69) is 9.97 Å². The number of hydrogen-bond acceptors (Lipinski definition) is 4. The molecule has 2 heterocycles. The van der Waals surface area contributed by atoms with Crippen molar-refractivity contribution in [1.82, 2.24) is 9.97 Å². The number of nitrogens with two attached hydrogens (primary N) is 1. The van der Waals surface area contributed by atoms with Crippen LogP contribution in [0.15, 0.2) is 35.2 Å². The Kier molecular flexibility index (Phi) is 2.78. The van der Waals surface area contributed by atoms with Gasteiger partial charge in [0, 0.05) is 12.6 Å². The van der Waals surface area contributed by atoms with Crippen LogP contribution in [0.4, 0.5) is 0 Å². The van der Waals surface area contributed by atoms with E-state index in [1.165, 1.54) is 0 Å². The molecule has 0 aromatic carbocycles. The van der Waals surface area contributed by atoms with E-state index in [0.29, 0.717) is 6.42 Å². The highest BCUT2D eigenvalue weighted by molar-refractivity contribution is 5.09. The van der Waals surface area contributed by atoms with Crippen molar-refractivity contribution >= 4 is 0 Å². The van der Waals surface area contributed by atoms with Crippen LogP contribution in [-0.2, 0) is 6.42 Å². The SMILES string of the molecule is Cc1cnc(C(N)Cc2ccco2)cn1. The number of furan rings is 1. The van der Waals surface area contributed by atoms with Crippen LogP contribution >= 0.6 is 0 Å². The molecule has 2 rings (SSSR count). The third-order valence-electron chi connectivity index (χ3n) is 2.18. The highest BCUT2D eigenvalue weighted by Crippen LogP contribution is 2.13. The van der Waals surface area contributed by atoms with Crippen molar-refractivity contribution in [3.63, 3.8) is 0 Å². The fourth-order valence-corrected chi connectivity index (χ4v) is 1.34. The lowest BCUT2D eigenvalue weighted by atomic mass is 10.1. The van der Waals surface area contributed by atoms with Gasteiger partial charge in [-0.3, -0.25) is 9.97 Å². The minimum Gasteiger partial charge on any atom is -0.469 e. The lowest BCUT2D eigenvalue weighted by Gasteiger charge is -2.08. The first-order chi connectivity index (χ1) is 7.25. The third-order valence-corrected chi connectivity index (χ3v) is 2.18. The molecule has 0 amide bonds. The molecule has 0 saturated carbocycles. The molecule has 2 N–H and O–H groups in total. The summed E-state index contributed by atoms with van der Waals surface area (Å²) in [6, 6.07) is 3.59. The molecule has 1 atom stereocenters. The summed E-state index contributed by atoms with van der Waals surface area (Å²) in [5.41, 5.74) is 7.66. The average molecular weight is 203 g/mol. The topological polar surface area (TPSA) is 64.9 Å². The summed E-state index contributed by atoms with van der Waals surface area (Å²) in [4.78, 5) is 8.39. The first-order valence-corrected chi connectivity index (χ1v) is 4.82. The summed E-state index contributed by atoms with van der Waals surface area (Å²) in [7, 11) is 0. The summed E-state index contributed by atoms with van der Waals surface area (Å²) in [5.74, 6) is 0.866. The number of nitrogens with zero attached hydrogens (tertiary/aromatic N) is 2. The van der Waals surface area contributed by atoms with Crippen molar-refractivity contribution in [3.8, 4) is 0 Å². The average Bonchev–Trinajstić information content (AvgIpc) is 2.71. The molecule has 0 spiro atoms. The standard InChI is InChI=1S/C11H13N3O/c1-8-6-14-11(7-13-8)10(12)5-9-3-2-4-15-9/h2-4,6-7,10H,5,12H2,1H3. The Bertz CT molecular complexity index is 408. The second-order valence-electron chi connectivity index (χ2n) is 3.47. The number of rotatable bonds is 3. The molecule has 4 nitrogen and oxygen atoms in total. The minimum atomic E-state index is -0.163. The van der Waals surface area contributed by atoms with E-state index in [1.807, 2.05) is 19.1 Å². The van der Waals surface area contributed by atoms with Gasteiger partial charge in [0.15, 0.2) is 0 Å². The maximum atomic E-state index is 5.97. The van der Waals surface area contributed by atoms with Gasteiger partial charge >= 0.3 is 0 Å².